The van der Waals surface area contributed by atoms with Gasteiger partial charge in [-0.3, -0.25) is 0 Å². The Labute approximate surface area is 146 Å². The van der Waals surface area contributed by atoms with E-state index in [-0.39, 0.29) is 5.97 Å². The van der Waals surface area contributed by atoms with Crippen molar-refractivity contribution in [2.24, 2.45) is 0 Å². The Morgan fingerprint density at radius 2 is 1.36 bits per heavy atom. The number of benzene rings is 3. The highest BCUT2D eigenvalue weighted by Gasteiger charge is 2.22. The molecule has 3 nitrogen and oxygen atoms in total. The molecule has 0 radical (unpaired) electrons. The number of esters is 1. The van der Waals surface area contributed by atoms with Gasteiger partial charge in [0.05, 0.1) is 0 Å². The topological polar surface area (TPSA) is 31.2 Å². The van der Waals surface area contributed by atoms with Crippen molar-refractivity contribution in [1.29, 1.82) is 0 Å². The zero-order valence-corrected chi connectivity index (χ0v) is 14.3. The van der Waals surface area contributed by atoms with E-state index >= 15 is 0 Å². The van der Waals surface area contributed by atoms with Crippen LogP contribution >= 0.6 is 0 Å². The summed E-state index contributed by atoms with van der Waals surface area (Å²) in [6.45, 7) is 3.89. The molecule has 25 heavy (non-hydrogen) atoms. The molecule has 4 rings (SSSR count). The minimum Gasteiger partial charge on any atom is -0.425 e. The van der Waals surface area contributed by atoms with Gasteiger partial charge >= 0.3 is 5.97 Å². The van der Waals surface area contributed by atoms with Crippen LogP contribution in [-0.4, -0.2) is 10.5 Å². The predicted octanol–water partition coefficient (Wildman–Crippen LogP) is 5.27. The number of aromatic nitrogens is 1. The predicted molar refractivity (Wildman–Crippen MR) is 101 cm³/mol. The number of nitrogens with zero attached hydrogens (tertiary/aromatic N) is 1. The lowest BCUT2D eigenvalue weighted by Gasteiger charge is -2.16. The number of hydrogen-bond donors (Lipinski definition) is 0. The van der Waals surface area contributed by atoms with E-state index in [1.807, 2.05) is 74.5 Å². The van der Waals surface area contributed by atoms with E-state index in [0.717, 1.165) is 27.4 Å². The number of fused-ring (bicyclic) bond motifs is 3. The normalized spacial score (nSPS) is 12.4. The first-order chi connectivity index (χ1) is 12.1. The molecule has 0 N–H and O–H groups in total. The molecule has 124 valence electrons. The summed E-state index contributed by atoms with van der Waals surface area (Å²) in [5, 5.41) is 2.29. The molecule has 0 aliphatic heterocycles. The van der Waals surface area contributed by atoms with Crippen LogP contribution in [0.1, 0.15) is 18.5 Å². The van der Waals surface area contributed by atoms with Gasteiger partial charge in [0.1, 0.15) is 11.8 Å². The van der Waals surface area contributed by atoms with Crippen LogP contribution in [0.25, 0.3) is 21.8 Å². The van der Waals surface area contributed by atoms with Crippen LogP contribution in [0.15, 0.2) is 72.8 Å². The van der Waals surface area contributed by atoms with Gasteiger partial charge in [0, 0.05) is 21.8 Å². The van der Waals surface area contributed by atoms with E-state index in [0.29, 0.717) is 5.75 Å². The molecule has 0 saturated carbocycles. The molecular formula is C22H19NO2. The highest BCUT2D eigenvalue weighted by molar-refractivity contribution is 6.08. The van der Waals surface area contributed by atoms with Gasteiger partial charge in [0.2, 0.25) is 0 Å². The summed E-state index contributed by atoms with van der Waals surface area (Å²) >= 11 is 0. The molecule has 0 spiro atoms. The molecule has 0 bridgehead atoms. The molecule has 0 saturated heterocycles. The molecule has 1 atom stereocenters. The summed E-state index contributed by atoms with van der Waals surface area (Å²) in [7, 11) is 0. The van der Waals surface area contributed by atoms with Crippen molar-refractivity contribution in [2.75, 3.05) is 0 Å². The van der Waals surface area contributed by atoms with Crippen molar-refractivity contribution in [3.05, 3.63) is 78.4 Å². The second kappa shape index (κ2) is 6.10. The van der Waals surface area contributed by atoms with Crippen molar-refractivity contribution < 1.29 is 9.53 Å². The van der Waals surface area contributed by atoms with Gasteiger partial charge in [-0.25, -0.2) is 4.79 Å². The Bertz CT molecular complexity index is 1010. The first-order valence-electron chi connectivity index (χ1n) is 8.41. The fourth-order valence-electron chi connectivity index (χ4n) is 3.28. The van der Waals surface area contributed by atoms with Crippen molar-refractivity contribution in [3.63, 3.8) is 0 Å². The lowest BCUT2D eigenvalue weighted by molar-refractivity contribution is -0.137. The second-order valence-electron chi connectivity index (χ2n) is 6.31. The minimum absolute atomic E-state index is 0.268. The summed E-state index contributed by atoms with van der Waals surface area (Å²) in [5.74, 6) is 0.304. The molecule has 3 aromatic carbocycles. The van der Waals surface area contributed by atoms with Crippen LogP contribution in [0.4, 0.5) is 0 Å². The fourth-order valence-corrected chi connectivity index (χ4v) is 3.28. The molecule has 4 aromatic rings. The van der Waals surface area contributed by atoms with Crippen molar-refractivity contribution >= 4 is 27.8 Å². The summed E-state index contributed by atoms with van der Waals surface area (Å²) in [6.07, 6.45) is 0. The Hall–Kier alpha value is -3.07. The number of carbonyl (C=O) groups excluding carboxylic acids is 1. The van der Waals surface area contributed by atoms with E-state index in [1.165, 1.54) is 0 Å². The SMILES string of the molecule is Cc1ccc(OC(=O)C(C)n2c3ccccc3c3ccccc32)cc1. The largest absolute Gasteiger partial charge is 0.425 e. The lowest BCUT2D eigenvalue weighted by Crippen LogP contribution is -2.21. The summed E-state index contributed by atoms with van der Waals surface area (Å²) in [5.41, 5.74) is 3.21. The highest BCUT2D eigenvalue weighted by atomic mass is 16.5. The maximum Gasteiger partial charge on any atom is 0.334 e. The molecule has 0 amide bonds. The van der Waals surface area contributed by atoms with E-state index in [9.17, 15) is 4.79 Å². The fraction of sp³-hybridized carbons (Fsp3) is 0.136. The monoisotopic (exact) mass is 329 g/mol. The van der Waals surface area contributed by atoms with Gasteiger partial charge in [-0.1, -0.05) is 54.1 Å². The van der Waals surface area contributed by atoms with E-state index in [4.69, 9.17) is 4.74 Å². The third-order valence-electron chi connectivity index (χ3n) is 4.59. The maximum atomic E-state index is 12.7. The number of ether oxygens (including phenoxy) is 1. The number of rotatable bonds is 3. The average Bonchev–Trinajstić information content (AvgIpc) is 2.97. The van der Waals surface area contributed by atoms with E-state index in [2.05, 4.69) is 16.7 Å². The molecule has 1 unspecified atom stereocenters. The summed E-state index contributed by atoms with van der Waals surface area (Å²) < 4.78 is 7.65. The van der Waals surface area contributed by atoms with Crippen molar-refractivity contribution in [3.8, 4) is 5.75 Å². The molecule has 1 aromatic heterocycles. The third kappa shape index (κ3) is 2.68. The maximum absolute atomic E-state index is 12.7. The van der Waals surface area contributed by atoms with Crippen LogP contribution in [0.5, 0.6) is 5.75 Å². The highest BCUT2D eigenvalue weighted by Crippen LogP contribution is 2.32. The van der Waals surface area contributed by atoms with E-state index < -0.39 is 6.04 Å². The third-order valence-corrected chi connectivity index (χ3v) is 4.59. The Kier molecular flexibility index (Phi) is 3.77. The van der Waals surface area contributed by atoms with Gasteiger partial charge in [-0.2, -0.15) is 0 Å². The number of carbonyl (C=O) groups is 1. The van der Waals surface area contributed by atoms with Crippen molar-refractivity contribution in [2.45, 2.75) is 19.9 Å². The summed E-state index contributed by atoms with van der Waals surface area (Å²) in [6, 6.07) is 23.4. The molecule has 0 fully saturated rings. The van der Waals surface area contributed by atoms with Crippen LogP contribution in [0.3, 0.4) is 0 Å². The number of para-hydroxylation sites is 2. The van der Waals surface area contributed by atoms with Crippen LogP contribution in [-0.2, 0) is 4.79 Å². The number of hydrogen-bond acceptors (Lipinski definition) is 2. The minimum atomic E-state index is -0.425. The zero-order chi connectivity index (χ0) is 17.4. The Morgan fingerprint density at radius 1 is 0.840 bits per heavy atom. The number of aryl methyl sites for hydroxylation is 1. The van der Waals surface area contributed by atoms with Crippen LogP contribution in [0.2, 0.25) is 0 Å². The molecular weight excluding hydrogens is 310 g/mol. The van der Waals surface area contributed by atoms with Crippen LogP contribution in [0, 0.1) is 6.92 Å². The molecule has 3 heteroatoms. The second-order valence-corrected chi connectivity index (χ2v) is 6.31. The molecule has 0 aliphatic carbocycles. The smallest absolute Gasteiger partial charge is 0.334 e. The van der Waals surface area contributed by atoms with Gasteiger partial charge in [-0.05, 0) is 38.1 Å². The van der Waals surface area contributed by atoms with Crippen LogP contribution < -0.4 is 4.74 Å². The van der Waals surface area contributed by atoms with Gasteiger partial charge in [-0.15, -0.1) is 0 Å². The molecule has 0 aliphatic rings. The first-order valence-corrected chi connectivity index (χ1v) is 8.41. The average molecular weight is 329 g/mol. The lowest BCUT2D eigenvalue weighted by atomic mass is 10.2. The quantitative estimate of drug-likeness (QED) is 0.379. The van der Waals surface area contributed by atoms with Gasteiger partial charge < -0.3 is 9.30 Å². The van der Waals surface area contributed by atoms with E-state index in [1.54, 1.807) is 0 Å². The zero-order valence-electron chi connectivity index (χ0n) is 14.3. The Morgan fingerprint density at radius 3 is 1.92 bits per heavy atom. The van der Waals surface area contributed by atoms with Gasteiger partial charge in [0.25, 0.3) is 0 Å². The van der Waals surface area contributed by atoms with Gasteiger partial charge in [0.15, 0.2) is 0 Å². The summed E-state index contributed by atoms with van der Waals surface area (Å²) in [4.78, 5) is 12.7. The molecule has 1 heterocycles. The van der Waals surface area contributed by atoms with Crippen molar-refractivity contribution in [1.82, 2.24) is 4.57 Å². The Balaban J connectivity index is 1.77. The standard InChI is InChI=1S/C22H19NO2/c1-15-11-13-17(14-12-15)25-22(24)16(2)23-20-9-5-3-7-18(20)19-8-4-6-10-21(19)23/h3-14,16H,1-2H3. The first kappa shape index (κ1) is 15.5.